The van der Waals surface area contributed by atoms with Crippen LogP contribution in [0.2, 0.25) is 0 Å². The van der Waals surface area contributed by atoms with Crippen LogP contribution in [0, 0.1) is 0 Å². The van der Waals surface area contributed by atoms with Crippen molar-refractivity contribution in [1.29, 1.82) is 0 Å². The molecule has 0 radical (unpaired) electrons. The van der Waals surface area contributed by atoms with Crippen LogP contribution in [0.1, 0.15) is 24.1 Å². The van der Waals surface area contributed by atoms with E-state index >= 15 is 0 Å². The Morgan fingerprint density at radius 3 is 2.38 bits per heavy atom. The Morgan fingerprint density at radius 2 is 1.76 bits per heavy atom. The molecule has 2 aromatic carbocycles. The van der Waals surface area contributed by atoms with Crippen molar-refractivity contribution >= 4 is 34.5 Å². The number of benzene rings is 2. The third-order valence-electron chi connectivity index (χ3n) is 3.30. The van der Waals surface area contributed by atoms with E-state index in [2.05, 4.69) is 33.9 Å². The van der Waals surface area contributed by atoms with E-state index in [9.17, 15) is 4.79 Å². The quantitative estimate of drug-likeness (QED) is 0.767. The number of thiol groups is 1. The summed E-state index contributed by atoms with van der Waals surface area (Å²) in [4.78, 5) is 12.2. The second kappa shape index (κ2) is 7.66. The molecule has 0 bridgehead atoms. The van der Waals surface area contributed by atoms with Crippen molar-refractivity contribution in [2.24, 2.45) is 0 Å². The summed E-state index contributed by atoms with van der Waals surface area (Å²) >= 11 is 7.83. The minimum absolute atomic E-state index is 0.0315. The molecule has 1 N–H and O–H groups in total. The molecule has 110 valence electrons. The van der Waals surface area contributed by atoms with Crippen LogP contribution in [0.15, 0.2) is 59.1 Å². The number of carbonyl (C=O) groups is 1. The average Bonchev–Trinajstić information content (AvgIpc) is 2.48. The summed E-state index contributed by atoms with van der Waals surface area (Å²) in [5.41, 5.74) is 2.19. The van der Waals surface area contributed by atoms with Crippen LogP contribution in [0.5, 0.6) is 0 Å². The molecular formula is C17H18BrNOS. The molecule has 0 saturated heterocycles. The fourth-order valence-corrected chi connectivity index (χ4v) is 2.62. The van der Waals surface area contributed by atoms with Gasteiger partial charge in [0.05, 0.1) is 11.3 Å². The van der Waals surface area contributed by atoms with Gasteiger partial charge in [-0.05, 0) is 36.6 Å². The summed E-state index contributed by atoms with van der Waals surface area (Å²) in [6.07, 6.45) is 0.628. The van der Waals surface area contributed by atoms with Crippen molar-refractivity contribution < 1.29 is 4.79 Å². The van der Waals surface area contributed by atoms with E-state index in [1.807, 2.05) is 61.5 Å². The van der Waals surface area contributed by atoms with Gasteiger partial charge in [0.1, 0.15) is 0 Å². The maximum atomic E-state index is 12.2. The van der Waals surface area contributed by atoms with Gasteiger partial charge in [0.2, 0.25) is 5.91 Å². The Labute approximate surface area is 139 Å². The fraction of sp³-hybridized carbons (Fsp3) is 0.235. The molecular weight excluding hydrogens is 346 g/mol. The molecule has 2 nitrogen and oxygen atoms in total. The lowest BCUT2D eigenvalue weighted by atomic mass is 10.1. The molecule has 0 spiro atoms. The van der Waals surface area contributed by atoms with Crippen molar-refractivity contribution in [3.05, 3.63) is 70.2 Å². The summed E-state index contributed by atoms with van der Waals surface area (Å²) in [5.74, 6) is -0.0439. The van der Waals surface area contributed by atoms with E-state index in [0.717, 1.165) is 15.6 Å². The first-order valence-corrected chi connectivity index (χ1v) is 8.15. The highest BCUT2D eigenvalue weighted by molar-refractivity contribution is 9.10. The van der Waals surface area contributed by atoms with Crippen molar-refractivity contribution in [3.8, 4) is 0 Å². The molecule has 0 aromatic heterocycles. The van der Waals surface area contributed by atoms with E-state index in [4.69, 9.17) is 0 Å². The zero-order valence-corrected chi connectivity index (χ0v) is 14.3. The molecule has 2 atom stereocenters. The summed E-state index contributed by atoms with van der Waals surface area (Å²) < 4.78 is 1.03. The minimum Gasteiger partial charge on any atom is -0.349 e. The van der Waals surface area contributed by atoms with Crippen LogP contribution >= 0.6 is 28.6 Å². The zero-order chi connectivity index (χ0) is 15.2. The summed E-state index contributed by atoms with van der Waals surface area (Å²) in [6.45, 7) is 1.98. The van der Waals surface area contributed by atoms with Gasteiger partial charge in [-0.15, -0.1) is 0 Å². The van der Waals surface area contributed by atoms with Crippen LogP contribution in [-0.2, 0) is 11.2 Å². The lowest BCUT2D eigenvalue weighted by molar-refractivity contribution is -0.121. The van der Waals surface area contributed by atoms with Crippen molar-refractivity contribution in [2.45, 2.75) is 24.6 Å². The average molecular weight is 364 g/mol. The van der Waals surface area contributed by atoms with Crippen molar-refractivity contribution in [2.75, 3.05) is 0 Å². The van der Waals surface area contributed by atoms with Gasteiger partial charge in [-0.25, -0.2) is 0 Å². The summed E-state index contributed by atoms with van der Waals surface area (Å²) in [7, 11) is 0. The largest absolute Gasteiger partial charge is 0.349 e. The van der Waals surface area contributed by atoms with Gasteiger partial charge in [0.25, 0.3) is 0 Å². The van der Waals surface area contributed by atoms with E-state index in [-0.39, 0.29) is 17.2 Å². The van der Waals surface area contributed by atoms with Crippen molar-refractivity contribution in [3.63, 3.8) is 0 Å². The van der Waals surface area contributed by atoms with Gasteiger partial charge in [0.15, 0.2) is 0 Å². The molecule has 2 aromatic rings. The third-order valence-corrected chi connectivity index (χ3v) is 4.25. The van der Waals surface area contributed by atoms with Crippen LogP contribution in [0.3, 0.4) is 0 Å². The number of amides is 1. The molecule has 4 heteroatoms. The number of halogens is 1. The molecule has 0 fully saturated rings. The minimum atomic E-state index is -0.342. The molecule has 21 heavy (non-hydrogen) atoms. The Balaban J connectivity index is 1.92. The number of nitrogens with one attached hydrogen (secondary N) is 1. The van der Waals surface area contributed by atoms with Crippen LogP contribution in [0.4, 0.5) is 0 Å². The van der Waals surface area contributed by atoms with Gasteiger partial charge in [-0.3, -0.25) is 4.79 Å². The first kappa shape index (κ1) is 16.1. The van der Waals surface area contributed by atoms with Gasteiger partial charge in [0, 0.05) is 4.47 Å². The van der Waals surface area contributed by atoms with Gasteiger partial charge in [-0.1, -0.05) is 58.4 Å². The number of rotatable bonds is 5. The first-order chi connectivity index (χ1) is 10.1. The highest BCUT2D eigenvalue weighted by Crippen LogP contribution is 2.17. The van der Waals surface area contributed by atoms with E-state index < -0.39 is 0 Å². The Kier molecular flexibility index (Phi) is 5.88. The number of hydrogen-bond donors (Lipinski definition) is 2. The Hall–Kier alpha value is -1.26. The molecule has 0 aliphatic rings. The van der Waals surface area contributed by atoms with Gasteiger partial charge >= 0.3 is 0 Å². The SMILES string of the molecule is CC(NC(=O)C(S)Cc1ccccc1)c1ccc(Br)cc1. The van der Waals surface area contributed by atoms with Gasteiger partial charge < -0.3 is 5.32 Å². The lowest BCUT2D eigenvalue weighted by Crippen LogP contribution is -2.34. The smallest absolute Gasteiger partial charge is 0.233 e. The van der Waals surface area contributed by atoms with Crippen LogP contribution < -0.4 is 5.32 Å². The second-order valence-corrected chi connectivity index (χ2v) is 6.53. The third kappa shape index (κ3) is 4.90. The predicted octanol–water partition coefficient (Wildman–Crippen LogP) is 4.17. The monoisotopic (exact) mass is 363 g/mol. The summed E-state index contributed by atoms with van der Waals surface area (Å²) in [5, 5.41) is 2.66. The molecule has 0 heterocycles. The predicted molar refractivity (Wildman–Crippen MR) is 93.6 cm³/mol. The standard InChI is InChI=1S/C17H18BrNOS/c1-12(14-7-9-15(18)10-8-14)19-17(20)16(21)11-13-5-3-2-4-6-13/h2-10,12,16,21H,11H2,1H3,(H,19,20). The van der Waals surface area contributed by atoms with E-state index in [0.29, 0.717) is 6.42 Å². The maximum Gasteiger partial charge on any atom is 0.233 e. The molecule has 2 rings (SSSR count). The van der Waals surface area contributed by atoms with Crippen LogP contribution in [0.25, 0.3) is 0 Å². The molecule has 0 aliphatic carbocycles. The summed E-state index contributed by atoms with van der Waals surface area (Å²) in [6, 6.07) is 17.8. The second-order valence-electron chi connectivity index (χ2n) is 4.99. The zero-order valence-electron chi connectivity index (χ0n) is 11.8. The topological polar surface area (TPSA) is 29.1 Å². The normalized spacial score (nSPS) is 13.5. The highest BCUT2D eigenvalue weighted by atomic mass is 79.9. The molecule has 0 aliphatic heterocycles. The van der Waals surface area contributed by atoms with Crippen LogP contribution in [-0.4, -0.2) is 11.2 Å². The highest BCUT2D eigenvalue weighted by Gasteiger charge is 2.17. The molecule has 0 saturated carbocycles. The van der Waals surface area contributed by atoms with E-state index in [1.54, 1.807) is 0 Å². The lowest BCUT2D eigenvalue weighted by Gasteiger charge is -2.17. The fourth-order valence-electron chi connectivity index (χ4n) is 2.07. The molecule has 1 amide bonds. The first-order valence-electron chi connectivity index (χ1n) is 6.84. The maximum absolute atomic E-state index is 12.2. The number of carbonyl (C=O) groups excluding carboxylic acids is 1. The van der Waals surface area contributed by atoms with E-state index in [1.165, 1.54) is 0 Å². The van der Waals surface area contributed by atoms with Gasteiger partial charge in [-0.2, -0.15) is 12.6 Å². The molecule has 2 unspecified atom stereocenters. The Bertz CT molecular complexity index is 585. The number of hydrogen-bond acceptors (Lipinski definition) is 2. The van der Waals surface area contributed by atoms with Crippen molar-refractivity contribution in [1.82, 2.24) is 5.32 Å². The Morgan fingerprint density at radius 1 is 1.14 bits per heavy atom.